The number of fused-ring (bicyclic) bond motifs is 1. The number of furan rings is 1. The number of para-hydroxylation sites is 1. The van der Waals surface area contributed by atoms with Gasteiger partial charge in [0, 0.05) is 32.2 Å². The van der Waals surface area contributed by atoms with E-state index in [0.717, 1.165) is 23.7 Å². The molecule has 1 aliphatic heterocycles. The first-order chi connectivity index (χ1) is 13.3. The number of benzene rings is 1. The van der Waals surface area contributed by atoms with E-state index < -0.39 is 0 Å². The molecule has 27 heavy (non-hydrogen) atoms. The van der Waals surface area contributed by atoms with Crippen LogP contribution in [0, 0.1) is 0 Å². The van der Waals surface area contributed by atoms with Gasteiger partial charge in [-0.3, -0.25) is 4.79 Å². The van der Waals surface area contributed by atoms with Crippen LogP contribution in [0.3, 0.4) is 0 Å². The summed E-state index contributed by atoms with van der Waals surface area (Å²) in [4.78, 5) is 21.4. The monoisotopic (exact) mass is 380 g/mol. The molecule has 0 saturated carbocycles. The number of aromatic nitrogens is 2. The van der Waals surface area contributed by atoms with Gasteiger partial charge in [-0.1, -0.05) is 28.6 Å². The lowest BCUT2D eigenvalue weighted by molar-refractivity contribution is 0.0736. The molecular weight excluding hydrogens is 364 g/mol. The summed E-state index contributed by atoms with van der Waals surface area (Å²) in [7, 11) is 0. The van der Waals surface area contributed by atoms with Crippen LogP contribution in [0.5, 0.6) is 0 Å². The molecule has 1 saturated heterocycles. The Morgan fingerprint density at radius 2 is 1.89 bits per heavy atom. The Hall–Kier alpha value is -3.13. The van der Waals surface area contributed by atoms with E-state index in [-0.39, 0.29) is 5.91 Å². The molecule has 0 radical (unpaired) electrons. The van der Waals surface area contributed by atoms with E-state index in [1.165, 1.54) is 4.70 Å². The minimum Gasteiger partial charge on any atom is -0.461 e. The molecule has 3 aromatic heterocycles. The zero-order valence-corrected chi connectivity index (χ0v) is 15.2. The maximum atomic E-state index is 12.7. The van der Waals surface area contributed by atoms with Crippen LogP contribution in [0.2, 0.25) is 0 Å². The average Bonchev–Trinajstić information content (AvgIpc) is 3.47. The topological polar surface area (TPSA) is 75.6 Å². The van der Waals surface area contributed by atoms with Crippen molar-refractivity contribution in [1.82, 2.24) is 15.0 Å². The zero-order chi connectivity index (χ0) is 18.2. The van der Waals surface area contributed by atoms with E-state index in [9.17, 15) is 4.79 Å². The lowest BCUT2D eigenvalue weighted by Gasteiger charge is -2.34. The molecule has 0 aliphatic carbocycles. The summed E-state index contributed by atoms with van der Waals surface area (Å²) in [6.07, 6.45) is 1.56. The lowest BCUT2D eigenvalue weighted by Crippen LogP contribution is -2.48. The molecule has 4 aromatic rings. The van der Waals surface area contributed by atoms with Gasteiger partial charge in [-0.2, -0.15) is 0 Å². The molecule has 1 aliphatic rings. The highest BCUT2D eigenvalue weighted by molar-refractivity contribution is 7.22. The van der Waals surface area contributed by atoms with Crippen LogP contribution >= 0.6 is 11.3 Å². The molecule has 0 spiro atoms. The molecular formula is C19H16N4O3S. The predicted molar refractivity (Wildman–Crippen MR) is 102 cm³/mol. The first kappa shape index (κ1) is 16.1. The summed E-state index contributed by atoms with van der Waals surface area (Å²) in [6, 6.07) is 13.3. The predicted octanol–water partition coefficient (Wildman–Crippen LogP) is 3.51. The highest BCUT2D eigenvalue weighted by atomic mass is 32.1. The highest BCUT2D eigenvalue weighted by Crippen LogP contribution is 2.29. The van der Waals surface area contributed by atoms with Crippen molar-refractivity contribution in [2.24, 2.45) is 0 Å². The van der Waals surface area contributed by atoms with E-state index >= 15 is 0 Å². The van der Waals surface area contributed by atoms with Crippen molar-refractivity contribution in [3.8, 4) is 11.5 Å². The summed E-state index contributed by atoms with van der Waals surface area (Å²) >= 11 is 1.69. The first-order valence-corrected chi connectivity index (χ1v) is 9.50. The van der Waals surface area contributed by atoms with Crippen LogP contribution in [0.25, 0.3) is 21.7 Å². The molecule has 0 unspecified atom stereocenters. The Bertz CT molecular complexity index is 1040. The van der Waals surface area contributed by atoms with E-state index in [1.807, 2.05) is 18.2 Å². The van der Waals surface area contributed by atoms with Crippen LogP contribution in [0.4, 0.5) is 5.13 Å². The number of carbonyl (C=O) groups excluding carboxylic acids is 1. The molecule has 1 amide bonds. The number of hydrogen-bond donors (Lipinski definition) is 0. The molecule has 7 nitrogen and oxygen atoms in total. The van der Waals surface area contributed by atoms with Gasteiger partial charge in [-0.05, 0) is 24.3 Å². The van der Waals surface area contributed by atoms with E-state index in [0.29, 0.717) is 30.3 Å². The number of thiazole rings is 1. The number of nitrogens with zero attached hydrogens (tertiary/aromatic N) is 4. The Balaban J connectivity index is 1.26. The Morgan fingerprint density at radius 3 is 2.67 bits per heavy atom. The van der Waals surface area contributed by atoms with Crippen molar-refractivity contribution in [3.05, 3.63) is 54.4 Å². The van der Waals surface area contributed by atoms with Crippen LogP contribution in [-0.4, -0.2) is 47.1 Å². The van der Waals surface area contributed by atoms with Crippen molar-refractivity contribution in [2.75, 3.05) is 31.1 Å². The van der Waals surface area contributed by atoms with Crippen molar-refractivity contribution in [1.29, 1.82) is 0 Å². The fraction of sp³-hybridized carbons (Fsp3) is 0.211. The lowest BCUT2D eigenvalue weighted by atomic mass is 10.2. The van der Waals surface area contributed by atoms with Crippen molar-refractivity contribution in [2.45, 2.75) is 0 Å². The number of hydrogen-bond acceptors (Lipinski definition) is 7. The van der Waals surface area contributed by atoms with Crippen LogP contribution in [-0.2, 0) is 0 Å². The number of rotatable bonds is 3. The van der Waals surface area contributed by atoms with Gasteiger partial charge in [0.25, 0.3) is 5.91 Å². The second kappa shape index (κ2) is 6.55. The largest absolute Gasteiger partial charge is 0.461 e. The summed E-state index contributed by atoms with van der Waals surface area (Å²) < 4.78 is 11.7. The third-order valence-electron chi connectivity index (χ3n) is 4.61. The molecule has 5 rings (SSSR count). The van der Waals surface area contributed by atoms with Gasteiger partial charge in [-0.25, -0.2) is 4.98 Å². The highest BCUT2D eigenvalue weighted by Gasteiger charge is 2.26. The smallest absolute Gasteiger partial charge is 0.276 e. The van der Waals surface area contributed by atoms with Crippen LogP contribution in [0.1, 0.15) is 10.5 Å². The molecule has 0 bridgehead atoms. The number of piperazine rings is 1. The van der Waals surface area contributed by atoms with E-state index in [4.69, 9.17) is 13.9 Å². The van der Waals surface area contributed by atoms with Crippen LogP contribution < -0.4 is 4.90 Å². The second-order valence-corrected chi connectivity index (χ2v) is 7.31. The normalized spacial score (nSPS) is 14.8. The number of amides is 1. The average molecular weight is 380 g/mol. The molecule has 0 N–H and O–H groups in total. The Labute approximate surface area is 158 Å². The maximum absolute atomic E-state index is 12.7. The standard InChI is InChI=1S/C19H16N4O3S/c24-18(14-12-16(26-21-14)15-5-3-11-25-15)22-7-9-23(10-8-22)19-20-13-4-1-2-6-17(13)27-19/h1-6,11-12H,7-10H2. The van der Waals surface area contributed by atoms with Gasteiger partial charge in [0.1, 0.15) is 0 Å². The van der Waals surface area contributed by atoms with Gasteiger partial charge < -0.3 is 18.7 Å². The number of carbonyl (C=O) groups is 1. The van der Waals surface area contributed by atoms with E-state index in [1.54, 1.807) is 40.7 Å². The van der Waals surface area contributed by atoms with Gasteiger partial charge in [0.15, 0.2) is 16.6 Å². The molecule has 136 valence electrons. The Morgan fingerprint density at radius 1 is 1.04 bits per heavy atom. The van der Waals surface area contributed by atoms with Gasteiger partial charge in [0.2, 0.25) is 5.76 Å². The van der Waals surface area contributed by atoms with Gasteiger partial charge in [0.05, 0.1) is 16.5 Å². The summed E-state index contributed by atoms with van der Waals surface area (Å²) in [5.74, 6) is 0.888. The second-order valence-electron chi connectivity index (χ2n) is 6.30. The van der Waals surface area contributed by atoms with Crippen LogP contribution in [0.15, 0.2) is 57.7 Å². The van der Waals surface area contributed by atoms with Crippen molar-refractivity contribution in [3.63, 3.8) is 0 Å². The summed E-state index contributed by atoms with van der Waals surface area (Å²) in [6.45, 7) is 2.73. The molecule has 0 atom stereocenters. The summed E-state index contributed by atoms with van der Waals surface area (Å²) in [5.41, 5.74) is 1.32. The minimum atomic E-state index is -0.125. The quantitative estimate of drug-likeness (QED) is 0.541. The zero-order valence-electron chi connectivity index (χ0n) is 14.4. The third-order valence-corrected chi connectivity index (χ3v) is 5.71. The fourth-order valence-electron chi connectivity index (χ4n) is 3.17. The minimum absolute atomic E-state index is 0.125. The SMILES string of the molecule is O=C(c1cc(-c2ccco2)on1)N1CCN(c2nc3ccccc3s2)CC1. The molecule has 1 aromatic carbocycles. The molecule has 1 fully saturated rings. The molecule has 4 heterocycles. The summed E-state index contributed by atoms with van der Waals surface area (Å²) in [5, 5.41) is 4.91. The van der Waals surface area contributed by atoms with Crippen molar-refractivity contribution >= 4 is 32.6 Å². The van der Waals surface area contributed by atoms with Gasteiger partial charge >= 0.3 is 0 Å². The van der Waals surface area contributed by atoms with E-state index in [2.05, 4.69) is 16.1 Å². The first-order valence-electron chi connectivity index (χ1n) is 8.68. The molecule has 8 heteroatoms. The number of anilines is 1. The Kier molecular flexibility index (Phi) is 3.90. The fourth-order valence-corrected chi connectivity index (χ4v) is 4.19. The van der Waals surface area contributed by atoms with Gasteiger partial charge in [-0.15, -0.1) is 0 Å². The van der Waals surface area contributed by atoms with Crippen molar-refractivity contribution < 1.29 is 13.7 Å². The maximum Gasteiger partial charge on any atom is 0.276 e. The third kappa shape index (κ3) is 2.97.